The first-order valence-electron chi connectivity index (χ1n) is 30.5. The van der Waals surface area contributed by atoms with E-state index in [4.69, 9.17) is 9.47 Å². The Hall–Kier alpha value is -1.93. The van der Waals surface area contributed by atoms with Crippen LogP contribution in [0.5, 0.6) is 0 Å². The van der Waals surface area contributed by atoms with Crippen molar-refractivity contribution in [3.05, 3.63) is 48.6 Å². The molecule has 11 nitrogen and oxygen atoms in total. The SMILES string of the molecule is CCCCCCCCCC/C=C\CCCCCCCCC(O)C(=O)NC(COC1OC(CO)C(O)C(O)C1O)C(O)C(O)CCC/C=C/CC/C=C/CC/C=C/CCCCCCCCCCCCCCCCC. The zero-order valence-electron chi connectivity index (χ0n) is 46.9. The van der Waals surface area contributed by atoms with E-state index in [2.05, 4.69) is 67.8 Å². The highest BCUT2D eigenvalue weighted by atomic mass is 16.7. The molecule has 1 aliphatic rings. The van der Waals surface area contributed by atoms with Crippen molar-refractivity contribution in [1.29, 1.82) is 0 Å². The topological polar surface area (TPSA) is 189 Å². The van der Waals surface area contributed by atoms with Gasteiger partial charge in [-0.05, 0) is 89.9 Å². The minimum absolute atomic E-state index is 0.239. The molecule has 1 fully saturated rings. The first kappa shape index (κ1) is 69.1. The Morgan fingerprint density at radius 1 is 0.466 bits per heavy atom. The molecule has 73 heavy (non-hydrogen) atoms. The van der Waals surface area contributed by atoms with Crippen LogP contribution in [0.3, 0.4) is 0 Å². The molecule has 8 N–H and O–H groups in total. The van der Waals surface area contributed by atoms with Gasteiger partial charge in [0.05, 0.1) is 25.4 Å². The van der Waals surface area contributed by atoms with Crippen LogP contribution in [0, 0.1) is 0 Å². The second-order valence-corrected chi connectivity index (χ2v) is 21.4. The molecule has 1 saturated heterocycles. The summed E-state index contributed by atoms with van der Waals surface area (Å²) in [7, 11) is 0. The summed E-state index contributed by atoms with van der Waals surface area (Å²) in [4.78, 5) is 13.2. The average molecular weight is 1030 g/mol. The predicted octanol–water partition coefficient (Wildman–Crippen LogP) is 13.2. The Morgan fingerprint density at radius 3 is 1.22 bits per heavy atom. The molecule has 9 atom stereocenters. The Kier molecular flexibility index (Phi) is 48.1. The number of hydrogen-bond donors (Lipinski definition) is 8. The molecule has 0 spiro atoms. The van der Waals surface area contributed by atoms with Crippen molar-refractivity contribution in [3.8, 4) is 0 Å². The zero-order chi connectivity index (χ0) is 53.3. The molecule has 0 aromatic heterocycles. The van der Waals surface area contributed by atoms with E-state index in [-0.39, 0.29) is 12.8 Å². The molecule has 0 radical (unpaired) electrons. The van der Waals surface area contributed by atoms with E-state index in [1.165, 1.54) is 161 Å². The van der Waals surface area contributed by atoms with Crippen molar-refractivity contribution in [2.24, 2.45) is 0 Å². The van der Waals surface area contributed by atoms with Gasteiger partial charge < -0.3 is 50.5 Å². The zero-order valence-corrected chi connectivity index (χ0v) is 46.9. The van der Waals surface area contributed by atoms with Crippen LogP contribution in [-0.2, 0) is 14.3 Å². The third-order valence-corrected chi connectivity index (χ3v) is 14.6. The summed E-state index contributed by atoms with van der Waals surface area (Å²) >= 11 is 0. The van der Waals surface area contributed by atoms with Gasteiger partial charge in [0.15, 0.2) is 6.29 Å². The second kappa shape index (κ2) is 50.9. The fourth-order valence-electron chi connectivity index (χ4n) is 9.59. The van der Waals surface area contributed by atoms with Gasteiger partial charge >= 0.3 is 0 Å². The smallest absolute Gasteiger partial charge is 0.249 e. The van der Waals surface area contributed by atoms with Crippen LogP contribution in [0.2, 0.25) is 0 Å². The number of nitrogens with one attached hydrogen (secondary N) is 1. The minimum atomic E-state index is -1.68. The number of hydrogen-bond acceptors (Lipinski definition) is 10. The lowest BCUT2D eigenvalue weighted by molar-refractivity contribution is -0.303. The molecule has 11 heteroatoms. The van der Waals surface area contributed by atoms with E-state index in [1.807, 2.05) is 0 Å². The van der Waals surface area contributed by atoms with Crippen molar-refractivity contribution in [2.75, 3.05) is 13.2 Å². The highest BCUT2D eigenvalue weighted by Gasteiger charge is 2.44. The lowest BCUT2D eigenvalue weighted by Gasteiger charge is -2.40. The molecule has 0 bridgehead atoms. The van der Waals surface area contributed by atoms with Gasteiger partial charge in [-0.25, -0.2) is 0 Å². The Bertz CT molecular complexity index is 1320. The van der Waals surface area contributed by atoms with E-state index in [1.54, 1.807) is 0 Å². The van der Waals surface area contributed by atoms with Gasteiger partial charge in [-0.2, -0.15) is 0 Å². The maximum Gasteiger partial charge on any atom is 0.249 e. The van der Waals surface area contributed by atoms with Crippen LogP contribution in [0.1, 0.15) is 271 Å². The van der Waals surface area contributed by atoms with Gasteiger partial charge in [0.2, 0.25) is 5.91 Å². The maximum absolute atomic E-state index is 13.2. The summed E-state index contributed by atoms with van der Waals surface area (Å²) in [6.45, 7) is 3.45. The van der Waals surface area contributed by atoms with Crippen LogP contribution in [0.25, 0.3) is 0 Å². The third kappa shape index (κ3) is 39.1. The second-order valence-electron chi connectivity index (χ2n) is 21.4. The molecule has 1 rings (SSSR count). The lowest BCUT2D eigenvalue weighted by Crippen LogP contribution is -2.60. The van der Waals surface area contributed by atoms with Crippen LogP contribution < -0.4 is 5.32 Å². The number of aliphatic hydroxyl groups is 7. The average Bonchev–Trinajstić information content (AvgIpc) is 3.39. The quantitative estimate of drug-likeness (QED) is 0.0215. The molecule has 0 aromatic carbocycles. The fourth-order valence-corrected chi connectivity index (χ4v) is 9.59. The first-order chi connectivity index (χ1) is 35.7. The number of allylic oxidation sites excluding steroid dienone is 8. The van der Waals surface area contributed by atoms with Crippen LogP contribution in [0.4, 0.5) is 0 Å². The summed E-state index contributed by atoms with van der Waals surface area (Å²) in [5, 5.41) is 76.1. The molecule has 1 aliphatic heterocycles. The van der Waals surface area contributed by atoms with Gasteiger partial charge in [-0.3, -0.25) is 4.79 Å². The summed E-state index contributed by atoms with van der Waals surface area (Å²) in [6, 6.07) is -1.20. The number of ether oxygens (including phenoxy) is 2. The number of amides is 1. The third-order valence-electron chi connectivity index (χ3n) is 14.6. The molecule has 1 amide bonds. The number of unbranched alkanes of at least 4 members (excludes halogenated alkanes) is 32. The Balaban J connectivity index is 2.32. The van der Waals surface area contributed by atoms with Gasteiger partial charge in [0.25, 0.3) is 0 Å². The van der Waals surface area contributed by atoms with Crippen molar-refractivity contribution in [3.63, 3.8) is 0 Å². The van der Waals surface area contributed by atoms with Gasteiger partial charge in [0, 0.05) is 0 Å². The highest BCUT2D eigenvalue weighted by molar-refractivity contribution is 5.80. The van der Waals surface area contributed by atoms with E-state index in [0.717, 1.165) is 64.2 Å². The molecule has 0 saturated carbocycles. The molecular weight excluding hydrogens is 919 g/mol. The molecule has 0 aliphatic carbocycles. The number of carbonyl (C=O) groups excluding carboxylic acids is 1. The normalized spacial score (nSPS) is 20.3. The minimum Gasteiger partial charge on any atom is -0.394 e. The van der Waals surface area contributed by atoms with Crippen LogP contribution in [0.15, 0.2) is 48.6 Å². The van der Waals surface area contributed by atoms with E-state index in [9.17, 15) is 40.5 Å². The molecule has 0 aromatic rings. The standard InChI is InChI=1S/C62H115NO10/c1-3-5-7-9-11-13-15-17-19-21-23-24-25-26-27-28-29-30-31-32-34-35-37-39-41-43-45-47-49-54(65)57(67)53(52-72-62-60(70)59(69)58(68)56(51-64)73-62)63-61(71)55(66)50-48-46-44-42-40-38-36-33-22-20-18-16-14-12-10-8-6-4-2/h22,29-30,33-35,41,43,53-60,62,64-70H,3-21,23-28,31-32,36-40,42,44-52H2,1-2H3,(H,63,71)/b30-29+,33-22-,35-34+,43-41+. The lowest BCUT2D eigenvalue weighted by atomic mass is 9.98. The largest absolute Gasteiger partial charge is 0.394 e. The van der Waals surface area contributed by atoms with Gasteiger partial charge in [0.1, 0.15) is 36.6 Å². The van der Waals surface area contributed by atoms with E-state index < -0.39 is 74.2 Å². The fraction of sp³-hybridized carbons (Fsp3) is 0.855. The van der Waals surface area contributed by atoms with Crippen molar-refractivity contribution in [1.82, 2.24) is 5.32 Å². The number of rotatable bonds is 52. The summed E-state index contributed by atoms with van der Waals surface area (Å²) in [5.74, 6) is -0.716. The monoisotopic (exact) mass is 1030 g/mol. The van der Waals surface area contributed by atoms with Gasteiger partial charge in [-0.15, -0.1) is 0 Å². The van der Waals surface area contributed by atoms with Crippen LogP contribution in [-0.4, -0.2) is 110 Å². The van der Waals surface area contributed by atoms with Crippen LogP contribution >= 0.6 is 0 Å². The Morgan fingerprint density at radius 2 is 0.822 bits per heavy atom. The van der Waals surface area contributed by atoms with Crippen molar-refractivity contribution < 1.29 is 50.0 Å². The van der Waals surface area contributed by atoms with Gasteiger partial charge in [-0.1, -0.05) is 229 Å². The predicted molar refractivity (Wildman–Crippen MR) is 302 cm³/mol. The molecule has 428 valence electrons. The molecule has 1 heterocycles. The first-order valence-corrected chi connectivity index (χ1v) is 30.5. The summed E-state index contributed by atoms with van der Waals surface area (Å²) in [5.41, 5.74) is 0. The number of aliphatic hydroxyl groups excluding tert-OH is 7. The van der Waals surface area contributed by atoms with Crippen molar-refractivity contribution in [2.45, 2.75) is 326 Å². The Labute approximate surface area is 447 Å². The van der Waals surface area contributed by atoms with Crippen molar-refractivity contribution >= 4 is 5.91 Å². The van der Waals surface area contributed by atoms with E-state index >= 15 is 0 Å². The highest BCUT2D eigenvalue weighted by Crippen LogP contribution is 2.23. The maximum atomic E-state index is 13.2. The van der Waals surface area contributed by atoms with E-state index in [0.29, 0.717) is 19.3 Å². The number of carbonyl (C=O) groups is 1. The molecule has 9 unspecified atom stereocenters. The summed E-state index contributed by atoms with van der Waals surface area (Å²) < 4.78 is 11.1. The molecular formula is C62H115NO10. The summed E-state index contributed by atoms with van der Waals surface area (Å²) in [6.07, 6.45) is 53.2.